The SMILES string of the molecule is Cc1nc(CCNS(=O)(=O)c2[nH]ncc2CN)cs1. The van der Waals surface area contributed by atoms with Crippen LogP contribution in [-0.4, -0.2) is 30.1 Å². The molecule has 0 radical (unpaired) electrons. The van der Waals surface area contributed by atoms with Crippen LogP contribution in [0.4, 0.5) is 0 Å². The Morgan fingerprint density at radius 2 is 2.32 bits per heavy atom. The Labute approximate surface area is 115 Å². The van der Waals surface area contributed by atoms with E-state index in [4.69, 9.17) is 5.73 Å². The predicted molar refractivity (Wildman–Crippen MR) is 72.2 cm³/mol. The second-order valence-corrected chi connectivity index (χ2v) is 6.70. The molecular weight excluding hydrogens is 286 g/mol. The smallest absolute Gasteiger partial charge is 0.257 e. The second-order valence-electron chi connectivity index (χ2n) is 3.93. The van der Waals surface area contributed by atoms with Crippen LogP contribution < -0.4 is 10.5 Å². The van der Waals surface area contributed by atoms with Crippen molar-refractivity contribution in [3.05, 3.63) is 27.8 Å². The number of aryl methyl sites for hydroxylation is 1. The minimum absolute atomic E-state index is 0.0319. The highest BCUT2D eigenvalue weighted by Gasteiger charge is 2.19. The fourth-order valence-corrected chi connectivity index (χ4v) is 3.40. The number of H-pyrrole nitrogens is 1. The summed E-state index contributed by atoms with van der Waals surface area (Å²) in [5.74, 6) is 0. The first kappa shape index (κ1) is 14.1. The molecule has 0 fully saturated rings. The van der Waals surface area contributed by atoms with Crippen molar-refractivity contribution in [2.24, 2.45) is 5.73 Å². The molecule has 2 heterocycles. The van der Waals surface area contributed by atoms with Gasteiger partial charge in [0, 0.05) is 30.5 Å². The highest BCUT2D eigenvalue weighted by molar-refractivity contribution is 7.89. The normalized spacial score (nSPS) is 11.9. The molecule has 0 aliphatic rings. The average Bonchev–Trinajstić information content (AvgIpc) is 2.97. The third-order valence-corrected chi connectivity index (χ3v) is 4.80. The van der Waals surface area contributed by atoms with Gasteiger partial charge in [-0.25, -0.2) is 18.1 Å². The van der Waals surface area contributed by atoms with Crippen molar-refractivity contribution >= 4 is 21.4 Å². The van der Waals surface area contributed by atoms with Gasteiger partial charge in [0.2, 0.25) is 0 Å². The molecule has 0 amide bonds. The number of aromatic nitrogens is 3. The largest absolute Gasteiger partial charge is 0.326 e. The number of rotatable bonds is 6. The molecule has 0 aliphatic carbocycles. The summed E-state index contributed by atoms with van der Waals surface area (Å²) < 4.78 is 26.5. The summed E-state index contributed by atoms with van der Waals surface area (Å²) in [5, 5.41) is 9.07. The first-order chi connectivity index (χ1) is 9.03. The fourth-order valence-electron chi connectivity index (χ4n) is 1.59. The van der Waals surface area contributed by atoms with Gasteiger partial charge in [-0.1, -0.05) is 0 Å². The summed E-state index contributed by atoms with van der Waals surface area (Å²) in [4.78, 5) is 4.27. The molecule has 104 valence electrons. The number of nitrogens with zero attached hydrogens (tertiary/aromatic N) is 2. The second kappa shape index (κ2) is 5.78. The number of hydrogen-bond donors (Lipinski definition) is 3. The van der Waals surface area contributed by atoms with Crippen molar-refractivity contribution in [3.8, 4) is 0 Å². The Hall–Kier alpha value is -1.29. The Morgan fingerprint density at radius 3 is 2.95 bits per heavy atom. The standard InChI is InChI=1S/C10H15N5O2S2/c1-7-14-9(6-18-7)2-3-13-19(16,17)10-8(4-11)5-12-15-10/h5-6,13H,2-4,11H2,1H3,(H,12,15). The van der Waals surface area contributed by atoms with E-state index in [0.29, 0.717) is 12.0 Å². The molecule has 0 aromatic carbocycles. The van der Waals surface area contributed by atoms with E-state index in [1.807, 2.05) is 12.3 Å². The maximum absolute atomic E-state index is 12.0. The van der Waals surface area contributed by atoms with E-state index in [9.17, 15) is 8.42 Å². The number of nitrogens with one attached hydrogen (secondary N) is 2. The van der Waals surface area contributed by atoms with Gasteiger partial charge in [0.25, 0.3) is 10.0 Å². The molecule has 0 bridgehead atoms. The van der Waals surface area contributed by atoms with Crippen molar-refractivity contribution in [3.63, 3.8) is 0 Å². The third kappa shape index (κ3) is 3.38. The maximum atomic E-state index is 12.0. The van der Waals surface area contributed by atoms with E-state index < -0.39 is 10.0 Å². The van der Waals surface area contributed by atoms with E-state index in [1.54, 1.807) is 11.3 Å². The molecule has 2 aromatic rings. The van der Waals surface area contributed by atoms with Crippen LogP contribution in [0.25, 0.3) is 0 Å². The number of nitrogens with two attached hydrogens (primary N) is 1. The van der Waals surface area contributed by atoms with Gasteiger partial charge in [-0.3, -0.25) is 5.10 Å². The van der Waals surface area contributed by atoms with Crippen molar-refractivity contribution in [2.45, 2.75) is 24.9 Å². The van der Waals surface area contributed by atoms with E-state index in [-0.39, 0.29) is 18.1 Å². The van der Waals surface area contributed by atoms with Crippen LogP contribution in [0.1, 0.15) is 16.3 Å². The van der Waals surface area contributed by atoms with Crippen LogP contribution in [0.5, 0.6) is 0 Å². The van der Waals surface area contributed by atoms with Gasteiger partial charge in [-0.2, -0.15) is 5.10 Å². The molecule has 7 nitrogen and oxygen atoms in total. The molecule has 0 spiro atoms. The maximum Gasteiger partial charge on any atom is 0.257 e. The van der Waals surface area contributed by atoms with Crippen LogP contribution in [0, 0.1) is 6.92 Å². The molecule has 4 N–H and O–H groups in total. The van der Waals surface area contributed by atoms with Crippen molar-refractivity contribution in [1.82, 2.24) is 19.9 Å². The highest BCUT2D eigenvalue weighted by Crippen LogP contribution is 2.11. The Bertz CT molecular complexity index is 646. The first-order valence-electron chi connectivity index (χ1n) is 5.66. The predicted octanol–water partition coefficient (Wildman–Crippen LogP) is 0.154. The molecule has 0 atom stereocenters. The lowest BCUT2D eigenvalue weighted by Gasteiger charge is -2.05. The molecule has 0 saturated heterocycles. The summed E-state index contributed by atoms with van der Waals surface area (Å²) in [5.41, 5.74) is 6.81. The molecule has 0 saturated carbocycles. The van der Waals surface area contributed by atoms with Gasteiger partial charge in [0.15, 0.2) is 5.03 Å². The zero-order valence-corrected chi connectivity index (χ0v) is 12.0. The van der Waals surface area contributed by atoms with E-state index in [1.165, 1.54) is 6.20 Å². The van der Waals surface area contributed by atoms with E-state index in [0.717, 1.165) is 10.7 Å². The zero-order chi connectivity index (χ0) is 13.9. The number of thiazole rings is 1. The van der Waals surface area contributed by atoms with Crippen LogP contribution in [0.3, 0.4) is 0 Å². The molecule has 19 heavy (non-hydrogen) atoms. The summed E-state index contributed by atoms with van der Waals surface area (Å²) in [6, 6.07) is 0. The minimum Gasteiger partial charge on any atom is -0.326 e. The van der Waals surface area contributed by atoms with Gasteiger partial charge in [-0.15, -0.1) is 11.3 Å². The molecule has 0 unspecified atom stereocenters. The third-order valence-electron chi connectivity index (χ3n) is 2.51. The Morgan fingerprint density at radius 1 is 1.53 bits per heavy atom. The van der Waals surface area contributed by atoms with Crippen molar-refractivity contribution in [2.75, 3.05) is 6.54 Å². The molecule has 2 rings (SSSR count). The van der Waals surface area contributed by atoms with Crippen LogP contribution in [-0.2, 0) is 23.0 Å². The van der Waals surface area contributed by atoms with E-state index in [2.05, 4.69) is 19.9 Å². The summed E-state index contributed by atoms with van der Waals surface area (Å²) in [6.07, 6.45) is 1.97. The lowest BCUT2D eigenvalue weighted by Crippen LogP contribution is -2.27. The van der Waals surface area contributed by atoms with Crippen LogP contribution in [0.2, 0.25) is 0 Å². The molecule has 9 heteroatoms. The summed E-state index contributed by atoms with van der Waals surface area (Å²) in [7, 11) is -3.60. The quantitative estimate of drug-likeness (QED) is 0.703. The zero-order valence-electron chi connectivity index (χ0n) is 10.4. The monoisotopic (exact) mass is 301 g/mol. The fraction of sp³-hybridized carbons (Fsp3) is 0.400. The minimum atomic E-state index is -3.60. The Balaban J connectivity index is 1.98. The number of hydrogen-bond acceptors (Lipinski definition) is 6. The van der Waals surface area contributed by atoms with E-state index >= 15 is 0 Å². The number of sulfonamides is 1. The first-order valence-corrected chi connectivity index (χ1v) is 8.02. The lowest BCUT2D eigenvalue weighted by atomic mass is 10.3. The molecule has 2 aromatic heterocycles. The van der Waals surface area contributed by atoms with Gasteiger partial charge < -0.3 is 5.73 Å². The topological polar surface area (TPSA) is 114 Å². The summed E-state index contributed by atoms with van der Waals surface area (Å²) in [6.45, 7) is 2.32. The van der Waals surface area contributed by atoms with Gasteiger partial charge in [-0.05, 0) is 6.92 Å². The Kier molecular flexibility index (Phi) is 4.30. The average molecular weight is 301 g/mol. The van der Waals surface area contributed by atoms with Gasteiger partial charge >= 0.3 is 0 Å². The van der Waals surface area contributed by atoms with Crippen LogP contribution >= 0.6 is 11.3 Å². The van der Waals surface area contributed by atoms with Crippen LogP contribution in [0.15, 0.2) is 16.6 Å². The highest BCUT2D eigenvalue weighted by atomic mass is 32.2. The molecule has 0 aliphatic heterocycles. The lowest BCUT2D eigenvalue weighted by molar-refractivity contribution is 0.575. The van der Waals surface area contributed by atoms with Crippen molar-refractivity contribution < 1.29 is 8.42 Å². The van der Waals surface area contributed by atoms with Crippen molar-refractivity contribution in [1.29, 1.82) is 0 Å². The number of aromatic amines is 1. The van der Waals surface area contributed by atoms with Gasteiger partial charge in [0.1, 0.15) is 0 Å². The summed E-state index contributed by atoms with van der Waals surface area (Å²) >= 11 is 1.55. The van der Waals surface area contributed by atoms with Gasteiger partial charge in [0.05, 0.1) is 16.9 Å². The molecular formula is C10H15N5O2S2.